The van der Waals surface area contributed by atoms with Crippen LogP contribution < -0.4 is 0 Å². The standard InChI is InChI=1S/2C4H14O3Si2.4CH4.H2O/c2*1-8(2,5)7-9(3,4)6;;;;;/h2*5-6H,1-4H3;4*1H4;1H2. The van der Waals surface area contributed by atoms with E-state index in [0.29, 0.717) is 0 Å². The predicted octanol–water partition coefficient (Wildman–Crippen LogP) is 2.50. The second kappa shape index (κ2) is 14.9. The van der Waals surface area contributed by atoms with E-state index in [1.807, 2.05) is 0 Å². The second-order valence-electron chi connectivity index (χ2n) is 5.99. The van der Waals surface area contributed by atoms with Crippen LogP contribution in [0.5, 0.6) is 0 Å². The molecule has 0 bridgehead atoms. The molecule has 6 N–H and O–H groups in total. The molecule has 0 spiro atoms. The molecule has 152 valence electrons. The van der Waals surface area contributed by atoms with Gasteiger partial charge in [-0.2, -0.15) is 0 Å². The molecule has 23 heavy (non-hydrogen) atoms. The van der Waals surface area contributed by atoms with E-state index < -0.39 is 34.2 Å². The van der Waals surface area contributed by atoms with Crippen LogP contribution in [0.25, 0.3) is 0 Å². The zero-order chi connectivity index (χ0) is 15.4. The van der Waals surface area contributed by atoms with Gasteiger partial charge in [-0.05, 0) is 52.4 Å². The van der Waals surface area contributed by atoms with Crippen LogP contribution in [0, 0.1) is 0 Å². The molecule has 0 aliphatic carbocycles. The van der Waals surface area contributed by atoms with Gasteiger partial charge in [0.15, 0.2) is 0 Å². The molecule has 0 rings (SSSR count). The zero-order valence-electron chi connectivity index (χ0n) is 13.1. The second-order valence-corrected chi connectivity index (χ2v) is 19.2. The SMILES string of the molecule is C.C.C.C.C[Si](C)(O)O[Si](C)(C)O.C[Si](C)(O)O[Si](C)(C)O.O. The van der Waals surface area contributed by atoms with Crippen molar-refractivity contribution in [1.29, 1.82) is 0 Å². The van der Waals surface area contributed by atoms with E-state index in [9.17, 15) is 0 Å². The molecule has 11 heteroatoms. The Hall–Kier alpha value is 0.588. The predicted molar refractivity (Wildman–Crippen MR) is 112 cm³/mol. The van der Waals surface area contributed by atoms with Gasteiger partial charge < -0.3 is 32.9 Å². The summed E-state index contributed by atoms with van der Waals surface area (Å²) in [6.45, 7) is 13.1. The quantitative estimate of drug-likeness (QED) is 0.523. The average molecular weight is 415 g/mol. The Morgan fingerprint density at radius 1 is 0.435 bits per heavy atom. The smallest absolute Gasteiger partial charge is 0.320 e. The minimum absolute atomic E-state index is 0. The van der Waals surface area contributed by atoms with E-state index in [1.165, 1.54) is 0 Å². The lowest BCUT2D eigenvalue weighted by atomic mass is 11.9. The van der Waals surface area contributed by atoms with Crippen LogP contribution in [0.3, 0.4) is 0 Å². The van der Waals surface area contributed by atoms with Crippen LogP contribution in [0.15, 0.2) is 0 Å². The molecule has 0 unspecified atom stereocenters. The Balaban J connectivity index is -0.0000000366. The van der Waals surface area contributed by atoms with E-state index in [0.717, 1.165) is 0 Å². The summed E-state index contributed by atoms with van der Waals surface area (Å²) in [5.74, 6) is 0. The Kier molecular flexibility index (Phi) is 28.3. The third-order valence-corrected chi connectivity index (χ3v) is 8.99. The Labute approximate surface area is 149 Å². The molecule has 0 saturated heterocycles. The third kappa shape index (κ3) is 60.4. The van der Waals surface area contributed by atoms with Crippen LogP contribution >= 0.6 is 0 Å². The van der Waals surface area contributed by atoms with Gasteiger partial charge in [-0.1, -0.05) is 29.7 Å². The lowest BCUT2D eigenvalue weighted by molar-refractivity contribution is 0.319. The van der Waals surface area contributed by atoms with E-state index in [-0.39, 0.29) is 35.2 Å². The summed E-state index contributed by atoms with van der Waals surface area (Å²) in [6.07, 6.45) is 0. The molecule has 0 radical (unpaired) electrons. The van der Waals surface area contributed by atoms with Gasteiger partial charge in [-0.25, -0.2) is 0 Å². The van der Waals surface area contributed by atoms with Gasteiger partial charge in [0.1, 0.15) is 0 Å². The van der Waals surface area contributed by atoms with Crippen LogP contribution in [0.1, 0.15) is 29.7 Å². The minimum Gasteiger partial charge on any atom is -0.415 e. The molecule has 0 aromatic rings. The maximum Gasteiger partial charge on any atom is 0.320 e. The van der Waals surface area contributed by atoms with Crippen LogP contribution in [0.2, 0.25) is 52.4 Å². The van der Waals surface area contributed by atoms with E-state index in [2.05, 4.69) is 0 Å². The first-order valence-electron chi connectivity index (χ1n) is 5.71. The molecule has 0 saturated carbocycles. The summed E-state index contributed by atoms with van der Waals surface area (Å²) < 4.78 is 10.0. The number of rotatable bonds is 4. The topological polar surface area (TPSA) is 131 Å². The van der Waals surface area contributed by atoms with Gasteiger partial charge >= 0.3 is 34.2 Å². The summed E-state index contributed by atoms with van der Waals surface area (Å²) >= 11 is 0. The molecular formula is C12H46O7Si4. The first kappa shape index (κ1) is 43.7. The summed E-state index contributed by atoms with van der Waals surface area (Å²) in [5, 5.41) is 0. The fourth-order valence-electron chi connectivity index (χ4n) is 1.22. The number of hydrogen-bond donors (Lipinski definition) is 4. The van der Waals surface area contributed by atoms with Crippen molar-refractivity contribution in [3.8, 4) is 0 Å². The van der Waals surface area contributed by atoms with Crippen molar-refractivity contribution in [2.24, 2.45) is 0 Å². The Morgan fingerprint density at radius 3 is 0.522 bits per heavy atom. The Bertz CT molecular complexity index is 190. The summed E-state index contributed by atoms with van der Waals surface area (Å²) in [7, 11) is -9.92. The maximum atomic E-state index is 9.14. The summed E-state index contributed by atoms with van der Waals surface area (Å²) in [6, 6.07) is 0. The molecule has 0 fully saturated rings. The van der Waals surface area contributed by atoms with Gasteiger partial charge in [-0.3, -0.25) is 0 Å². The Morgan fingerprint density at radius 2 is 0.522 bits per heavy atom. The molecule has 0 aromatic carbocycles. The molecule has 0 heterocycles. The highest BCUT2D eigenvalue weighted by Crippen LogP contribution is 2.08. The molecule has 7 nitrogen and oxygen atoms in total. The van der Waals surface area contributed by atoms with Crippen molar-refractivity contribution < 1.29 is 32.9 Å². The van der Waals surface area contributed by atoms with Crippen LogP contribution in [-0.2, 0) is 8.23 Å². The van der Waals surface area contributed by atoms with E-state index in [4.69, 9.17) is 27.4 Å². The van der Waals surface area contributed by atoms with Crippen molar-refractivity contribution in [3.63, 3.8) is 0 Å². The molecule has 0 aromatic heterocycles. The fourth-order valence-corrected chi connectivity index (χ4v) is 11.0. The fraction of sp³-hybridized carbons (Fsp3) is 1.00. The lowest BCUT2D eigenvalue weighted by Gasteiger charge is -2.23. The van der Waals surface area contributed by atoms with Gasteiger partial charge in [0.05, 0.1) is 0 Å². The first-order valence-corrected chi connectivity index (χ1v) is 17.1. The van der Waals surface area contributed by atoms with Crippen LogP contribution in [-0.4, -0.2) is 58.9 Å². The highest BCUT2D eigenvalue weighted by molar-refractivity contribution is 6.77. The lowest BCUT2D eigenvalue weighted by Crippen LogP contribution is -2.44. The molecule has 0 amide bonds. The van der Waals surface area contributed by atoms with Crippen LogP contribution in [0.4, 0.5) is 0 Å². The third-order valence-electron chi connectivity index (χ3n) is 0.999. The van der Waals surface area contributed by atoms with Crippen molar-refractivity contribution in [2.45, 2.75) is 82.1 Å². The molecule has 0 aliphatic heterocycles. The molecular weight excluding hydrogens is 368 g/mol. The minimum atomic E-state index is -2.48. The highest BCUT2D eigenvalue weighted by atomic mass is 28.5. The molecule has 0 atom stereocenters. The largest absolute Gasteiger partial charge is 0.415 e. The normalized spacial score (nSPS) is 11.0. The highest BCUT2D eigenvalue weighted by Gasteiger charge is 2.30. The van der Waals surface area contributed by atoms with E-state index >= 15 is 0 Å². The van der Waals surface area contributed by atoms with Crippen molar-refractivity contribution in [3.05, 3.63) is 0 Å². The monoisotopic (exact) mass is 414 g/mol. The molecule has 0 aliphatic rings. The van der Waals surface area contributed by atoms with E-state index in [1.54, 1.807) is 52.4 Å². The maximum absolute atomic E-state index is 9.14. The summed E-state index contributed by atoms with van der Waals surface area (Å²) in [4.78, 5) is 36.6. The van der Waals surface area contributed by atoms with Crippen molar-refractivity contribution >= 4 is 34.2 Å². The summed E-state index contributed by atoms with van der Waals surface area (Å²) in [5.41, 5.74) is 0. The average Bonchev–Trinajstić information content (AvgIpc) is 1.64. The first-order chi connectivity index (χ1) is 7.41. The van der Waals surface area contributed by atoms with Crippen molar-refractivity contribution in [2.75, 3.05) is 0 Å². The van der Waals surface area contributed by atoms with Crippen molar-refractivity contribution in [1.82, 2.24) is 0 Å². The van der Waals surface area contributed by atoms with Gasteiger partial charge in [0.2, 0.25) is 0 Å². The zero-order valence-corrected chi connectivity index (χ0v) is 17.1. The van der Waals surface area contributed by atoms with Gasteiger partial charge in [0.25, 0.3) is 0 Å². The van der Waals surface area contributed by atoms with Gasteiger partial charge in [0, 0.05) is 0 Å². The van der Waals surface area contributed by atoms with Gasteiger partial charge in [-0.15, -0.1) is 0 Å². The number of hydrogen-bond acceptors (Lipinski definition) is 6.